The van der Waals surface area contributed by atoms with Gasteiger partial charge in [-0.25, -0.2) is 0 Å². The summed E-state index contributed by atoms with van der Waals surface area (Å²) in [7, 11) is 0. The van der Waals surface area contributed by atoms with Crippen LogP contribution in [-0.4, -0.2) is 17.8 Å². The fourth-order valence-corrected chi connectivity index (χ4v) is 7.02. The van der Waals surface area contributed by atoms with E-state index in [0.29, 0.717) is 10.8 Å². The SMILES string of the molecule is CC12CC3CC(C)(C1)CC(C(O)C1=COCCC1)(C3)C2. The monoisotopic (exact) mass is 276 g/mol. The summed E-state index contributed by atoms with van der Waals surface area (Å²) in [6.45, 7) is 5.77. The van der Waals surface area contributed by atoms with Gasteiger partial charge in [0, 0.05) is 5.41 Å². The molecule has 3 atom stereocenters. The molecular weight excluding hydrogens is 248 g/mol. The zero-order chi connectivity index (χ0) is 14.0. The van der Waals surface area contributed by atoms with Crippen LogP contribution in [0.1, 0.15) is 65.2 Å². The number of aliphatic hydroxyl groups excluding tert-OH is 1. The molecule has 1 N–H and O–H groups in total. The molecule has 5 aliphatic rings. The van der Waals surface area contributed by atoms with E-state index in [4.69, 9.17) is 4.74 Å². The summed E-state index contributed by atoms with van der Waals surface area (Å²) in [5.41, 5.74) is 2.27. The van der Waals surface area contributed by atoms with E-state index in [1.807, 2.05) is 6.26 Å². The van der Waals surface area contributed by atoms with Gasteiger partial charge in [0.05, 0.1) is 19.0 Å². The van der Waals surface area contributed by atoms with Gasteiger partial charge in [0.1, 0.15) is 0 Å². The average Bonchev–Trinajstić information content (AvgIpc) is 2.34. The van der Waals surface area contributed by atoms with Crippen molar-refractivity contribution in [2.45, 2.75) is 71.3 Å². The minimum Gasteiger partial charge on any atom is -0.501 e. The minimum atomic E-state index is -0.259. The topological polar surface area (TPSA) is 29.5 Å². The maximum absolute atomic E-state index is 11.1. The van der Waals surface area contributed by atoms with Gasteiger partial charge < -0.3 is 9.84 Å². The molecular formula is C18H28O2. The number of hydrogen-bond acceptors (Lipinski definition) is 2. The van der Waals surface area contributed by atoms with E-state index in [1.54, 1.807) is 0 Å². The van der Waals surface area contributed by atoms with Gasteiger partial charge in [0.25, 0.3) is 0 Å². The van der Waals surface area contributed by atoms with Crippen molar-refractivity contribution in [2.75, 3.05) is 6.61 Å². The van der Waals surface area contributed by atoms with Crippen LogP contribution in [0.5, 0.6) is 0 Å². The van der Waals surface area contributed by atoms with Gasteiger partial charge in [-0.2, -0.15) is 0 Å². The van der Waals surface area contributed by atoms with Crippen LogP contribution in [0, 0.1) is 22.2 Å². The summed E-state index contributed by atoms with van der Waals surface area (Å²) < 4.78 is 5.49. The Kier molecular flexibility index (Phi) is 2.66. The Bertz CT molecular complexity index is 434. The van der Waals surface area contributed by atoms with Crippen molar-refractivity contribution in [3.8, 4) is 0 Å². The summed E-state index contributed by atoms with van der Waals surface area (Å²) in [5, 5.41) is 11.1. The first-order valence-corrected chi connectivity index (χ1v) is 8.41. The lowest BCUT2D eigenvalue weighted by Gasteiger charge is -2.66. The zero-order valence-electron chi connectivity index (χ0n) is 13.0. The minimum absolute atomic E-state index is 0.148. The highest BCUT2D eigenvalue weighted by Gasteiger charge is 2.62. The van der Waals surface area contributed by atoms with Gasteiger partial charge in [-0.15, -0.1) is 0 Å². The molecule has 5 rings (SSSR count). The lowest BCUT2D eigenvalue weighted by molar-refractivity contribution is -0.178. The van der Waals surface area contributed by atoms with Crippen molar-refractivity contribution in [1.29, 1.82) is 0 Å². The smallest absolute Gasteiger partial charge is 0.0876 e. The van der Waals surface area contributed by atoms with E-state index in [0.717, 1.165) is 25.4 Å². The van der Waals surface area contributed by atoms with E-state index >= 15 is 0 Å². The number of hydrogen-bond donors (Lipinski definition) is 1. The van der Waals surface area contributed by atoms with Gasteiger partial charge in [0.2, 0.25) is 0 Å². The Balaban J connectivity index is 1.68. The highest BCUT2D eigenvalue weighted by molar-refractivity contribution is 5.20. The molecule has 0 amide bonds. The first-order valence-electron chi connectivity index (χ1n) is 8.41. The predicted molar refractivity (Wildman–Crippen MR) is 79.1 cm³/mol. The van der Waals surface area contributed by atoms with Crippen LogP contribution in [0.2, 0.25) is 0 Å². The molecule has 4 aliphatic carbocycles. The van der Waals surface area contributed by atoms with E-state index in [9.17, 15) is 5.11 Å². The molecule has 0 radical (unpaired) electrons. The predicted octanol–water partition coefficient (Wildman–Crippen LogP) is 4.04. The molecule has 1 aliphatic heterocycles. The van der Waals surface area contributed by atoms with E-state index in [2.05, 4.69) is 13.8 Å². The zero-order valence-corrected chi connectivity index (χ0v) is 13.0. The van der Waals surface area contributed by atoms with Crippen LogP contribution in [0.25, 0.3) is 0 Å². The quantitative estimate of drug-likeness (QED) is 0.825. The third kappa shape index (κ3) is 1.87. The molecule has 0 aromatic carbocycles. The Hall–Kier alpha value is -0.500. The van der Waals surface area contributed by atoms with Crippen molar-refractivity contribution in [1.82, 2.24) is 0 Å². The molecule has 4 bridgehead atoms. The Labute approximate surface area is 122 Å². The summed E-state index contributed by atoms with van der Waals surface area (Å²) in [6.07, 6.45) is 11.6. The van der Waals surface area contributed by atoms with E-state index in [-0.39, 0.29) is 11.5 Å². The molecule has 20 heavy (non-hydrogen) atoms. The summed E-state index contributed by atoms with van der Waals surface area (Å²) in [6, 6.07) is 0. The molecule has 2 nitrogen and oxygen atoms in total. The first-order chi connectivity index (χ1) is 9.42. The van der Waals surface area contributed by atoms with Crippen LogP contribution in [-0.2, 0) is 4.74 Å². The second kappa shape index (κ2) is 4.03. The van der Waals surface area contributed by atoms with E-state index in [1.165, 1.54) is 44.1 Å². The van der Waals surface area contributed by atoms with Gasteiger partial charge >= 0.3 is 0 Å². The average molecular weight is 276 g/mol. The van der Waals surface area contributed by atoms with Gasteiger partial charge in [-0.3, -0.25) is 0 Å². The van der Waals surface area contributed by atoms with Crippen LogP contribution in [0.15, 0.2) is 11.8 Å². The Morgan fingerprint density at radius 2 is 1.85 bits per heavy atom. The third-order valence-corrected chi connectivity index (χ3v) is 6.56. The largest absolute Gasteiger partial charge is 0.501 e. The molecule has 0 aromatic heterocycles. The number of rotatable bonds is 2. The second-order valence-corrected chi connectivity index (χ2v) is 9.06. The lowest BCUT2D eigenvalue weighted by Crippen LogP contribution is -2.59. The summed E-state index contributed by atoms with van der Waals surface area (Å²) in [5.74, 6) is 0.848. The summed E-state index contributed by atoms with van der Waals surface area (Å²) >= 11 is 0. The summed E-state index contributed by atoms with van der Waals surface area (Å²) in [4.78, 5) is 0. The van der Waals surface area contributed by atoms with Gasteiger partial charge in [0.15, 0.2) is 0 Å². The fourth-order valence-electron chi connectivity index (χ4n) is 7.02. The van der Waals surface area contributed by atoms with Crippen LogP contribution in [0.3, 0.4) is 0 Å². The number of ether oxygens (including phenoxy) is 1. The highest BCUT2D eigenvalue weighted by atomic mass is 16.5. The normalized spacial score (nSPS) is 51.5. The van der Waals surface area contributed by atoms with Crippen LogP contribution >= 0.6 is 0 Å². The lowest BCUT2D eigenvalue weighted by atomic mass is 9.39. The standard InChI is InChI=1S/C18H28O2/c1-16-6-13-7-17(2,10-16)12-18(8-13,11-16)15(19)14-4-3-5-20-9-14/h9,13,15,19H,3-8,10-12H2,1-2H3. The molecule has 2 heteroatoms. The molecule has 0 saturated heterocycles. The van der Waals surface area contributed by atoms with E-state index < -0.39 is 0 Å². The van der Waals surface area contributed by atoms with Crippen molar-refractivity contribution in [2.24, 2.45) is 22.2 Å². The maximum atomic E-state index is 11.1. The third-order valence-electron chi connectivity index (χ3n) is 6.56. The van der Waals surface area contributed by atoms with Crippen molar-refractivity contribution >= 4 is 0 Å². The van der Waals surface area contributed by atoms with Crippen molar-refractivity contribution < 1.29 is 9.84 Å². The maximum Gasteiger partial charge on any atom is 0.0876 e. The molecule has 0 spiro atoms. The molecule has 0 aromatic rings. The molecule has 112 valence electrons. The van der Waals surface area contributed by atoms with Crippen LogP contribution in [0.4, 0.5) is 0 Å². The molecule has 4 saturated carbocycles. The van der Waals surface area contributed by atoms with Gasteiger partial charge in [-0.1, -0.05) is 13.8 Å². The van der Waals surface area contributed by atoms with Crippen molar-refractivity contribution in [3.63, 3.8) is 0 Å². The molecule has 4 fully saturated rings. The number of aliphatic hydroxyl groups is 1. The molecule has 3 unspecified atom stereocenters. The first kappa shape index (κ1) is 13.2. The Morgan fingerprint density at radius 1 is 1.15 bits per heavy atom. The van der Waals surface area contributed by atoms with Gasteiger partial charge in [-0.05, 0) is 73.7 Å². The molecule has 1 heterocycles. The second-order valence-electron chi connectivity index (χ2n) is 9.06. The van der Waals surface area contributed by atoms with Crippen LogP contribution < -0.4 is 0 Å². The Morgan fingerprint density at radius 3 is 2.40 bits per heavy atom. The highest BCUT2D eigenvalue weighted by Crippen LogP contribution is 2.70. The van der Waals surface area contributed by atoms with Crippen molar-refractivity contribution in [3.05, 3.63) is 11.8 Å². The fraction of sp³-hybridized carbons (Fsp3) is 0.889.